The Morgan fingerprint density at radius 2 is 1.62 bits per heavy atom. The molecule has 0 N–H and O–H groups in total. The summed E-state index contributed by atoms with van der Waals surface area (Å²) in [6.45, 7) is 5.62. The number of carbonyl (C=O) groups is 1. The maximum atomic E-state index is 12.9. The van der Waals surface area contributed by atoms with E-state index in [0.717, 1.165) is 30.6 Å². The molecule has 1 atom stereocenters. The van der Waals surface area contributed by atoms with Crippen LogP contribution in [0, 0.1) is 0 Å². The maximum absolute atomic E-state index is 12.9. The first-order valence-corrected chi connectivity index (χ1v) is 10.2. The van der Waals surface area contributed by atoms with Crippen LogP contribution < -0.4 is 0 Å². The smallest absolute Gasteiger partial charge is 0.273 e. The minimum atomic E-state index is -0.996. The number of hydrogen-bond acceptors (Lipinski definition) is 3. The van der Waals surface area contributed by atoms with E-state index in [1.165, 1.54) is 11.1 Å². The molecule has 3 nitrogen and oxygen atoms in total. The second-order valence-corrected chi connectivity index (χ2v) is 8.02. The zero-order valence-corrected chi connectivity index (χ0v) is 16.6. The van der Waals surface area contributed by atoms with E-state index in [1.54, 1.807) is 6.92 Å². The number of rotatable bonds is 7. The number of Topliss-reactive ketones (excluding diaryl/α,β-unsaturated/α-hetero) is 1. The number of allylic oxidation sites excluding steroid dienone is 13. The lowest BCUT2D eigenvalue weighted by Gasteiger charge is -2.26. The van der Waals surface area contributed by atoms with Crippen LogP contribution in [0.3, 0.4) is 0 Å². The Labute approximate surface area is 171 Å². The van der Waals surface area contributed by atoms with E-state index in [0.29, 0.717) is 17.6 Å². The van der Waals surface area contributed by atoms with Crippen LogP contribution in [-0.2, 0) is 14.3 Å². The van der Waals surface area contributed by atoms with E-state index in [9.17, 15) is 4.79 Å². The molecule has 1 fully saturated rings. The van der Waals surface area contributed by atoms with Crippen molar-refractivity contribution >= 4 is 5.78 Å². The van der Waals surface area contributed by atoms with Crippen molar-refractivity contribution in [3.8, 4) is 0 Å². The van der Waals surface area contributed by atoms with E-state index >= 15 is 0 Å². The fraction of sp³-hybridized carbons (Fsp3) is 0.269. The predicted molar refractivity (Wildman–Crippen MR) is 114 cm³/mol. The van der Waals surface area contributed by atoms with Crippen molar-refractivity contribution in [2.75, 3.05) is 0 Å². The quantitative estimate of drug-likeness (QED) is 0.431. The molecule has 0 aromatic carbocycles. The highest BCUT2D eigenvalue weighted by atomic mass is 16.8. The van der Waals surface area contributed by atoms with Crippen LogP contribution in [-0.4, -0.2) is 17.2 Å². The Morgan fingerprint density at radius 3 is 2.17 bits per heavy atom. The van der Waals surface area contributed by atoms with Crippen molar-refractivity contribution in [2.24, 2.45) is 0 Å². The molecule has 0 bridgehead atoms. The summed E-state index contributed by atoms with van der Waals surface area (Å²) in [7, 11) is 0. The average Bonchev–Trinajstić information content (AvgIpc) is 3.41. The van der Waals surface area contributed by atoms with Crippen molar-refractivity contribution in [3.63, 3.8) is 0 Å². The van der Waals surface area contributed by atoms with Gasteiger partial charge >= 0.3 is 0 Å². The Morgan fingerprint density at radius 1 is 0.966 bits per heavy atom. The number of ether oxygens (including phenoxy) is 2. The van der Waals surface area contributed by atoms with Gasteiger partial charge in [-0.05, 0) is 49.0 Å². The molecule has 0 saturated carbocycles. The van der Waals surface area contributed by atoms with Gasteiger partial charge in [-0.15, -0.1) is 0 Å². The van der Waals surface area contributed by atoms with Gasteiger partial charge in [0.25, 0.3) is 5.79 Å². The van der Waals surface area contributed by atoms with Crippen LogP contribution in [0.5, 0.6) is 0 Å². The van der Waals surface area contributed by atoms with Crippen LogP contribution in [0.2, 0.25) is 0 Å². The molecule has 0 radical (unpaired) electrons. The molecule has 5 aliphatic rings. The highest BCUT2D eigenvalue weighted by Crippen LogP contribution is 2.66. The molecule has 0 amide bonds. The fourth-order valence-corrected chi connectivity index (χ4v) is 4.74. The predicted octanol–water partition coefficient (Wildman–Crippen LogP) is 5.49. The number of epoxide rings is 1. The minimum Gasteiger partial charge on any atom is -0.458 e. The van der Waals surface area contributed by atoms with E-state index in [4.69, 9.17) is 9.47 Å². The molecule has 1 saturated heterocycles. The molecular weight excluding hydrogens is 360 g/mol. The Kier molecular flexibility index (Phi) is 4.11. The van der Waals surface area contributed by atoms with Gasteiger partial charge in [-0.2, -0.15) is 0 Å². The van der Waals surface area contributed by atoms with E-state index in [-0.39, 0.29) is 5.78 Å². The Balaban J connectivity index is 1.66. The fourth-order valence-electron chi connectivity index (χ4n) is 4.74. The van der Waals surface area contributed by atoms with Crippen molar-refractivity contribution < 1.29 is 14.3 Å². The van der Waals surface area contributed by atoms with Gasteiger partial charge in [0.05, 0.1) is 0 Å². The van der Waals surface area contributed by atoms with Crippen LogP contribution in [0.15, 0.2) is 107 Å². The van der Waals surface area contributed by atoms with Gasteiger partial charge in [0.2, 0.25) is 0 Å². The number of ketones is 1. The molecular formula is C26H24O3. The third-order valence-electron chi connectivity index (χ3n) is 6.14. The van der Waals surface area contributed by atoms with Gasteiger partial charge in [0, 0.05) is 17.6 Å². The molecule has 1 unspecified atom stereocenters. The molecule has 29 heavy (non-hydrogen) atoms. The molecule has 1 aliphatic heterocycles. The highest BCUT2D eigenvalue weighted by Gasteiger charge is 2.78. The van der Waals surface area contributed by atoms with Crippen LogP contribution in [0.25, 0.3) is 0 Å². The standard InChI is InChI=1S/C26H24O3/c1-18(2)24(27)22-16-9-17-23(22)26(28-21-14-7-8-15-21)25(29-26,19-10-3-4-11-19)20-12-5-6-13-20/h3-10,12,14,16H,1,11,13,15,17H2,2H3. The first kappa shape index (κ1) is 18.1. The molecule has 4 aliphatic carbocycles. The van der Waals surface area contributed by atoms with Crippen LogP contribution in [0.4, 0.5) is 0 Å². The summed E-state index contributed by atoms with van der Waals surface area (Å²) in [6, 6.07) is 0. The lowest BCUT2D eigenvalue weighted by Crippen LogP contribution is -2.34. The first-order valence-electron chi connectivity index (χ1n) is 10.2. The summed E-state index contributed by atoms with van der Waals surface area (Å²) >= 11 is 0. The highest BCUT2D eigenvalue weighted by molar-refractivity contribution is 6.10. The molecule has 0 aromatic rings. The third kappa shape index (κ3) is 2.57. The largest absolute Gasteiger partial charge is 0.458 e. The van der Waals surface area contributed by atoms with Crippen molar-refractivity contribution in [1.29, 1.82) is 0 Å². The lowest BCUT2D eigenvalue weighted by atomic mass is 9.79. The second-order valence-electron chi connectivity index (χ2n) is 8.02. The third-order valence-corrected chi connectivity index (χ3v) is 6.14. The number of carbonyl (C=O) groups excluding carboxylic acids is 1. The molecule has 146 valence electrons. The van der Waals surface area contributed by atoms with Crippen molar-refractivity contribution in [2.45, 2.75) is 44.0 Å². The Bertz CT molecular complexity index is 1020. The average molecular weight is 384 g/mol. The van der Waals surface area contributed by atoms with Gasteiger partial charge in [0.1, 0.15) is 5.76 Å². The Hall–Kier alpha value is -2.91. The maximum Gasteiger partial charge on any atom is 0.273 e. The summed E-state index contributed by atoms with van der Waals surface area (Å²) in [4.78, 5) is 12.9. The van der Waals surface area contributed by atoms with Gasteiger partial charge in [0.15, 0.2) is 11.4 Å². The molecule has 0 spiro atoms. The summed E-state index contributed by atoms with van der Waals surface area (Å²) in [6.07, 6.45) is 25.7. The lowest BCUT2D eigenvalue weighted by molar-refractivity contribution is -0.112. The van der Waals surface area contributed by atoms with E-state index in [1.807, 2.05) is 24.3 Å². The molecule has 0 aromatic heterocycles. The summed E-state index contributed by atoms with van der Waals surface area (Å²) in [5.74, 6) is -0.173. The molecule has 3 heteroatoms. The SMILES string of the molecule is C=C(C)C(=O)C1=C(C2(OC3=CC=CC3)OC2(C2=CC=CC2)C2=CC=CC2)CC=C1. The number of hydrogen-bond donors (Lipinski definition) is 0. The summed E-state index contributed by atoms with van der Waals surface area (Å²) in [5, 5.41) is 0. The molecule has 5 rings (SSSR count). The summed E-state index contributed by atoms with van der Waals surface area (Å²) in [5.41, 5.74) is 3.77. The normalized spacial score (nSPS) is 28.1. The van der Waals surface area contributed by atoms with Crippen LogP contribution >= 0.6 is 0 Å². The molecule has 1 heterocycles. The van der Waals surface area contributed by atoms with Crippen LogP contribution in [0.1, 0.15) is 32.6 Å². The topological polar surface area (TPSA) is 38.8 Å². The van der Waals surface area contributed by atoms with Crippen molar-refractivity contribution in [1.82, 2.24) is 0 Å². The van der Waals surface area contributed by atoms with Gasteiger partial charge in [-0.1, -0.05) is 67.3 Å². The monoisotopic (exact) mass is 384 g/mol. The zero-order valence-electron chi connectivity index (χ0n) is 16.6. The zero-order chi connectivity index (χ0) is 20.1. The van der Waals surface area contributed by atoms with E-state index in [2.05, 4.69) is 49.1 Å². The van der Waals surface area contributed by atoms with Gasteiger partial charge in [-0.3, -0.25) is 4.79 Å². The van der Waals surface area contributed by atoms with Crippen molar-refractivity contribution in [3.05, 3.63) is 107 Å². The second kappa shape index (κ2) is 6.57. The van der Waals surface area contributed by atoms with Gasteiger partial charge in [-0.25, -0.2) is 0 Å². The summed E-state index contributed by atoms with van der Waals surface area (Å²) < 4.78 is 13.3. The van der Waals surface area contributed by atoms with Gasteiger partial charge < -0.3 is 9.47 Å². The first-order chi connectivity index (χ1) is 14.1. The van der Waals surface area contributed by atoms with E-state index < -0.39 is 11.4 Å². The minimum absolute atomic E-state index is 0.0447.